The fourth-order valence-corrected chi connectivity index (χ4v) is 2.64. The molecule has 0 radical (unpaired) electrons. The third kappa shape index (κ3) is 4.77. The number of carbonyl (C=O) groups excluding carboxylic acids is 1. The summed E-state index contributed by atoms with van der Waals surface area (Å²) in [6.45, 7) is 0. The van der Waals surface area contributed by atoms with Gasteiger partial charge in [-0.15, -0.1) is 0 Å². The molecule has 0 fully saturated rings. The Kier molecular flexibility index (Phi) is 5.37. The minimum Gasteiger partial charge on any atom is -0.423 e. The van der Waals surface area contributed by atoms with Crippen LogP contribution in [-0.2, 0) is 12.4 Å². The molecule has 0 spiro atoms. The van der Waals surface area contributed by atoms with Crippen molar-refractivity contribution in [3.63, 3.8) is 0 Å². The van der Waals surface area contributed by atoms with Crippen molar-refractivity contribution < 1.29 is 35.9 Å². The van der Waals surface area contributed by atoms with E-state index < -0.39 is 35.0 Å². The molecule has 3 rings (SSSR count). The smallest absolute Gasteiger partial charge is 0.417 e. The van der Waals surface area contributed by atoms with Crippen molar-refractivity contribution in [2.24, 2.45) is 0 Å². The van der Waals surface area contributed by atoms with Gasteiger partial charge < -0.3 is 4.74 Å². The first kappa shape index (κ1) is 20.4. The zero-order valence-corrected chi connectivity index (χ0v) is 14.5. The lowest BCUT2D eigenvalue weighted by Gasteiger charge is -2.15. The van der Waals surface area contributed by atoms with Crippen molar-refractivity contribution in [2.45, 2.75) is 12.4 Å². The van der Waals surface area contributed by atoms with Crippen LogP contribution in [-0.4, -0.2) is 5.97 Å². The van der Waals surface area contributed by atoms with Crippen LogP contribution in [0.5, 0.6) is 5.75 Å². The molecule has 2 nitrogen and oxygen atoms in total. The Hall–Kier alpha value is -3.29. The molecule has 0 aliphatic carbocycles. The van der Waals surface area contributed by atoms with Crippen LogP contribution in [0.4, 0.5) is 26.3 Å². The van der Waals surface area contributed by atoms with E-state index in [1.807, 2.05) is 30.3 Å². The summed E-state index contributed by atoms with van der Waals surface area (Å²) in [5, 5.41) is 0. The predicted molar refractivity (Wildman–Crippen MR) is 93.3 cm³/mol. The molecule has 3 aromatic carbocycles. The second-order valence-corrected chi connectivity index (χ2v) is 6.04. The fourth-order valence-electron chi connectivity index (χ4n) is 2.64. The van der Waals surface area contributed by atoms with E-state index >= 15 is 0 Å². The zero-order valence-electron chi connectivity index (χ0n) is 14.5. The van der Waals surface area contributed by atoms with Gasteiger partial charge in [0.1, 0.15) is 5.75 Å². The lowest BCUT2D eigenvalue weighted by molar-refractivity contribution is -0.141. The first-order valence-corrected chi connectivity index (χ1v) is 8.22. The van der Waals surface area contributed by atoms with Crippen molar-refractivity contribution >= 4 is 5.97 Å². The molecule has 8 heteroatoms. The first-order chi connectivity index (χ1) is 13.6. The lowest BCUT2D eigenvalue weighted by atomic mass is 10.0. The Morgan fingerprint density at radius 2 is 1.28 bits per heavy atom. The number of benzene rings is 3. The monoisotopic (exact) mass is 410 g/mol. The maximum Gasteiger partial charge on any atom is 0.417 e. The highest BCUT2D eigenvalue weighted by molar-refractivity contribution is 5.93. The Morgan fingerprint density at radius 1 is 0.690 bits per heavy atom. The van der Waals surface area contributed by atoms with E-state index in [9.17, 15) is 31.1 Å². The zero-order chi connectivity index (χ0) is 21.2. The van der Waals surface area contributed by atoms with Gasteiger partial charge >= 0.3 is 18.3 Å². The summed E-state index contributed by atoms with van der Waals surface area (Å²) in [5.41, 5.74) is -2.46. The van der Waals surface area contributed by atoms with Crippen molar-refractivity contribution in [3.05, 3.63) is 89.5 Å². The summed E-state index contributed by atoms with van der Waals surface area (Å²) in [5.74, 6) is -1.63. The number of rotatable bonds is 3. The summed E-state index contributed by atoms with van der Waals surface area (Å²) in [4.78, 5) is 12.2. The van der Waals surface area contributed by atoms with Crippen molar-refractivity contribution in [1.29, 1.82) is 0 Å². The van der Waals surface area contributed by atoms with E-state index in [0.717, 1.165) is 11.1 Å². The number of alkyl halides is 6. The van der Waals surface area contributed by atoms with Crippen LogP contribution in [0.15, 0.2) is 72.8 Å². The molecule has 0 saturated heterocycles. The molecule has 0 amide bonds. The maximum atomic E-state index is 13.1. The van der Waals surface area contributed by atoms with Gasteiger partial charge in [0, 0.05) is 0 Å². The summed E-state index contributed by atoms with van der Waals surface area (Å²) in [6, 6.07) is 15.6. The van der Waals surface area contributed by atoms with Crippen LogP contribution in [0.25, 0.3) is 11.1 Å². The molecule has 0 bridgehead atoms. The van der Waals surface area contributed by atoms with Gasteiger partial charge in [0.05, 0.1) is 16.7 Å². The largest absolute Gasteiger partial charge is 0.423 e. The molecule has 150 valence electrons. The normalized spacial score (nSPS) is 11.9. The summed E-state index contributed by atoms with van der Waals surface area (Å²) in [7, 11) is 0. The van der Waals surface area contributed by atoms with Crippen molar-refractivity contribution in [2.75, 3.05) is 0 Å². The second-order valence-electron chi connectivity index (χ2n) is 6.04. The SMILES string of the molecule is O=C(Oc1ccc(-c2ccccc2)cc1)c1cc(C(F)(F)F)ccc1C(F)(F)F. The fraction of sp³-hybridized carbons (Fsp3) is 0.0952. The van der Waals surface area contributed by atoms with Crippen LogP contribution in [0, 0.1) is 0 Å². The van der Waals surface area contributed by atoms with Gasteiger partial charge in [-0.25, -0.2) is 4.79 Å². The molecule has 0 saturated carbocycles. The predicted octanol–water partition coefficient (Wildman–Crippen LogP) is 6.61. The molecule has 0 aromatic heterocycles. The first-order valence-electron chi connectivity index (χ1n) is 8.22. The van der Waals surface area contributed by atoms with Gasteiger partial charge in [-0.1, -0.05) is 42.5 Å². The minimum atomic E-state index is -5.02. The highest BCUT2D eigenvalue weighted by Crippen LogP contribution is 2.37. The van der Waals surface area contributed by atoms with E-state index in [2.05, 4.69) is 0 Å². The van der Waals surface area contributed by atoms with Crippen LogP contribution >= 0.6 is 0 Å². The Bertz CT molecular complexity index is 1010. The molecular weight excluding hydrogens is 398 g/mol. The van der Waals surface area contributed by atoms with Crippen LogP contribution in [0.3, 0.4) is 0 Å². The molecule has 0 N–H and O–H groups in total. The number of carbonyl (C=O) groups is 1. The number of hydrogen-bond donors (Lipinski definition) is 0. The van der Waals surface area contributed by atoms with Gasteiger partial charge in [0.15, 0.2) is 0 Å². The number of esters is 1. The molecule has 29 heavy (non-hydrogen) atoms. The lowest BCUT2D eigenvalue weighted by Crippen LogP contribution is -2.19. The maximum absolute atomic E-state index is 13.1. The molecule has 0 aliphatic rings. The molecule has 0 unspecified atom stereocenters. The standard InChI is InChI=1S/C21H12F6O2/c22-20(23,24)15-8-11-18(21(25,26)27)17(12-15)19(28)29-16-9-6-14(7-10-16)13-4-2-1-3-5-13/h1-12H. The van der Waals surface area contributed by atoms with E-state index in [4.69, 9.17) is 4.74 Å². The average Bonchev–Trinajstić information content (AvgIpc) is 2.67. The number of ether oxygens (including phenoxy) is 1. The molecular formula is C21H12F6O2. The molecule has 0 aliphatic heterocycles. The minimum absolute atomic E-state index is 0.0970. The Labute approximate surface area is 161 Å². The van der Waals surface area contributed by atoms with Gasteiger partial charge in [0.25, 0.3) is 0 Å². The van der Waals surface area contributed by atoms with Gasteiger partial charge in [-0.2, -0.15) is 26.3 Å². The summed E-state index contributed by atoms with van der Waals surface area (Å²) >= 11 is 0. The van der Waals surface area contributed by atoms with Crippen molar-refractivity contribution in [3.8, 4) is 16.9 Å². The summed E-state index contributed by atoms with van der Waals surface area (Å²) in [6.07, 6.45) is -9.92. The number of halogens is 6. The number of hydrogen-bond acceptors (Lipinski definition) is 2. The highest BCUT2D eigenvalue weighted by atomic mass is 19.4. The quantitative estimate of drug-likeness (QED) is 0.276. The Morgan fingerprint density at radius 3 is 1.83 bits per heavy atom. The van der Waals surface area contributed by atoms with Crippen molar-refractivity contribution in [1.82, 2.24) is 0 Å². The van der Waals surface area contributed by atoms with Gasteiger partial charge in [-0.05, 0) is 41.5 Å². The topological polar surface area (TPSA) is 26.3 Å². The van der Waals surface area contributed by atoms with E-state index in [-0.39, 0.29) is 23.9 Å². The van der Waals surface area contributed by atoms with Crippen LogP contribution in [0.2, 0.25) is 0 Å². The summed E-state index contributed by atoms with van der Waals surface area (Å²) < 4.78 is 82.8. The third-order valence-electron chi connectivity index (χ3n) is 4.04. The highest BCUT2D eigenvalue weighted by Gasteiger charge is 2.39. The van der Waals surface area contributed by atoms with Gasteiger partial charge in [-0.3, -0.25) is 0 Å². The third-order valence-corrected chi connectivity index (χ3v) is 4.04. The average molecular weight is 410 g/mol. The Balaban J connectivity index is 1.90. The van der Waals surface area contributed by atoms with Crippen LogP contribution in [0.1, 0.15) is 21.5 Å². The molecule has 0 atom stereocenters. The van der Waals surface area contributed by atoms with E-state index in [1.165, 1.54) is 12.1 Å². The second kappa shape index (κ2) is 7.62. The molecule has 3 aromatic rings. The van der Waals surface area contributed by atoms with Gasteiger partial charge in [0.2, 0.25) is 0 Å². The van der Waals surface area contributed by atoms with E-state index in [1.54, 1.807) is 12.1 Å². The van der Waals surface area contributed by atoms with E-state index in [0.29, 0.717) is 0 Å². The molecule has 0 heterocycles. The van der Waals surface area contributed by atoms with Crippen LogP contribution < -0.4 is 4.74 Å².